The van der Waals surface area contributed by atoms with Crippen molar-refractivity contribution in [3.8, 4) is 0 Å². The number of hydrogen-bond donors (Lipinski definition) is 3. The highest BCUT2D eigenvalue weighted by Gasteiger charge is 2.28. The maximum atomic E-state index is 13.5. The Bertz CT molecular complexity index is 881. The number of rotatable bonds is 6. The molecule has 9 nitrogen and oxygen atoms in total. The molecule has 0 bridgehead atoms. The Morgan fingerprint density at radius 2 is 1.76 bits per heavy atom. The standard InChI is InChI=1S/C19H20FN5O4/c1-2-29-18(28)15(20)17(27)25-24-16(26)13-9-21-19(22-10-13)23-14-7-11-5-3-4-6-12(11)8-14/h3-6,9-10,14-15H,2,7-8H2,1H3,(H,24,26)(H,25,27)(H,21,22,23). The molecule has 29 heavy (non-hydrogen) atoms. The van der Waals surface area contributed by atoms with E-state index in [4.69, 9.17) is 0 Å². The summed E-state index contributed by atoms with van der Waals surface area (Å²) in [4.78, 5) is 42.8. The van der Waals surface area contributed by atoms with Gasteiger partial charge in [0.15, 0.2) is 0 Å². The van der Waals surface area contributed by atoms with E-state index in [-0.39, 0.29) is 18.2 Å². The van der Waals surface area contributed by atoms with Crippen molar-refractivity contribution >= 4 is 23.7 Å². The van der Waals surface area contributed by atoms with Gasteiger partial charge in [0.2, 0.25) is 5.95 Å². The summed E-state index contributed by atoms with van der Waals surface area (Å²) in [7, 11) is 0. The van der Waals surface area contributed by atoms with E-state index >= 15 is 0 Å². The number of nitrogens with one attached hydrogen (secondary N) is 3. The van der Waals surface area contributed by atoms with Gasteiger partial charge in [-0.3, -0.25) is 20.4 Å². The number of esters is 1. The lowest BCUT2D eigenvalue weighted by atomic mass is 10.1. The van der Waals surface area contributed by atoms with E-state index in [9.17, 15) is 18.8 Å². The fourth-order valence-electron chi connectivity index (χ4n) is 2.94. The van der Waals surface area contributed by atoms with Crippen LogP contribution < -0.4 is 16.2 Å². The molecule has 1 aliphatic carbocycles. The maximum Gasteiger partial charge on any atom is 0.350 e. The van der Waals surface area contributed by atoms with Gasteiger partial charge in [-0.2, -0.15) is 0 Å². The molecule has 1 aliphatic rings. The number of nitrogens with zero attached hydrogens (tertiary/aromatic N) is 2. The molecule has 0 saturated heterocycles. The molecule has 0 fully saturated rings. The summed E-state index contributed by atoms with van der Waals surface area (Å²) in [5, 5.41) is 3.22. The molecule has 1 unspecified atom stereocenters. The number of fused-ring (bicyclic) bond motifs is 1. The lowest BCUT2D eigenvalue weighted by molar-refractivity contribution is -0.153. The van der Waals surface area contributed by atoms with Crippen molar-refractivity contribution in [2.45, 2.75) is 32.0 Å². The molecule has 1 heterocycles. The highest BCUT2D eigenvalue weighted by molar-refractivity contribution is 6.02. The van der Waals surface area contributed by atoms with Gasteiger partial charge in [-0.1, -0.05) is 24.3 Å². The Hall–Kier alpha value is -3.56. The molecule has 1 atom stereocenters. The van der Waals surface area contributed by atoms with Crippen molar-refractivity contribution < 1.29 is 23.5 Å². The number of hydrogen-bond acceptors (Lipinski definition) is 7. The van der Waals surface area contributed by atoms with E-state index in [0.29, 0.717) is 5.95 Å². The van der Waals surface area contributed by atoms with Crippen LogP contribution in [-0.2, 0) is 27.2 Å². The molecule has 0 radical (unpaired) electrons. The van der Waals surface area contributed by atoms with E-state index in [0.717, 1.165) is 12.8 Å². The number of carbonyl (C=O) groups is 3. The number of hydrazine groups is 1. The highest BCUT2D eigenvalue weighted by atomic mass is 19.1. The number of carbonyl (C=O) groups excluding carboxylic acids is 3. The molecule has 2 amide bonds. The minimum absolute atomic E-state index is 0.0529. The Morgan fingerprint density at radius 1 is 1.14 bits per heavy atom. The maximum absolute atomic E-state index is 13.5. The Labute approximate surface area is 166 Å². The second-order valence-electron chi connectivity index (χ2n) is 6.37. The zero-order valence-corrected chi connectivity index (χ0v) is 15.6. The van der Waals surface area contributed by atoms with Gasteiger partial charge in [0, 0.05) is 18.4 Å². The summed E-state index contributed by atoms with van der Waals surface area (Å²) < 4.78 is 17.9. The Morgan fingerprint density at radius 3 is 2.34 bits per heavy atom. The van der Waals surface area contributed by atoms with Gasteiger partial charge in [-0.05, 0) is 30.9 Å². The molecule has 1 aromatic heterocycles. The predicted octanol–water partition coefficient (Wildman–Crippen LogP) is 0.718. The van der Waals surface area contributed by atoms with E-state index in [1.54, 1.807) is 0 Å². The van der Waals surface area contributed by atoms with Crippen LogP contribution in [0, 0.1) is 0 Å². The van der Waals surface area contributed by atoms with E-state index in [1.807, 2.05) is 23.0 Å². The number of aromatic nitrogens is 2. The first-order valence-electron chi connectivity index (χ1n) is 9.04. The first kappa shape index (κ1) is 20.2. The molecular weight excluding hydrogens is 381 g/mol. The third-order valence-corrected chi connectivity index (χ3v) is 4.32. The largest absolute Gasteiger partial charge is 0.463 e. The Kier molecular flexibility index (Phi) is 6.32. The van der Waals surface area contributed by atoms with Crippen LogP contribution in [0.1, 0.15) is 28.4 Å². The normalized spacial score (nSPS) is 13.9. The van der Waals surface area contributed by atoms with Crippen molar-refractivity contribution in [2.24, 2.45) is 0 Å². The minimum atomic E-state index is -2.53. The van der Waals surface area contributed by atoms with Crippen molar-refractivity contribution in [2.75, 3.05) is 11.9 Å². The minimum Gasteiger partial charge on any atom is -0.463 e. The van der Waals surface area contributed by atoms with Crippen LogP contribution in [0.2, 0.25) is 0 Å². The fourth-order valence-corrected chi connectivity index (χ4v) is 2.94. The van der Waals surface area contributed by atoms with Crippen LogP contribution in [0.5, 0.6) is 0 Å². The summed E-state index contributed by atoms with van der Waals surface area (Å²) in [6.07, 6.45) is 1.74. The summed E-state index contributed by atoms with van der Waals surface area (Å²) in [6.45, 7) is 1.41. The van der Waals surface area contributed by atoms with Gasteiger partial charge in [0.25, 0.3) is 18.0 Å². The molecule has 152 valence electrons. The second-order valence-corrected chi connectivity index (χ2v) is 6.37. The van der Waals surface area contributed by atoms with Gasteiger partial charge in [0.1, 0.15) is 0 Å². The summed E-state index contributed by atoms with van der Waals surface area (Å²) in [5.74, 6) is -3.05. The second kappa shape index (κ2) is 9.09. The molecule has 10 heteroatoms. The average Bonchev–Trinajstić information content (AvgIpc) is 3.14. The number of benzene rings is 1. The van der Waals surface area contributed by atoms with Gasteiger partial charge in [-0.15, -0.1) is 0 Å². The van der Waals surface area contributed by atoms with Crippen LogP contribution in [-0.4, -0.2) is 46.6 Å². The lowest BCUT2D eigenvalue weighted by Crippen LogP contribution is -2.47. The molecule has 0 aliphatic heterocycles. The SMILES string of the molecule is CCOC(=O)C(F)C(=O)NNC(=O)c1cnc(NC2Cc3ccccc3C2)nc1. The van der Waals surface area contributed by atoms with Crippen LogP contribution >= 0.6 is 0 Å². The van der Waals surface area contributed by atoms with Gasteiger partial charge >= 0.3 is 5.97 Å². The molecule has 3 N–H and O–H groups in total. The topological polar surface area (TPSA) is 122 Å². The third-order valence-electron chi connectivity index (χ3n) is 4.32. The highest BCUT2D eigenvalue weighted by Crippen LogP contribution is 2.23. The molecule has 0 saturated carbocycles. The zero-order chi connectivity index (χ0) is 20.8. The van der Waals surface area contributed by atoms with Crippen LogP contribution in [0.15, 0.2) is 36.7 Å². The summed E-state index contributed by atoms with van der Waals surface area (Å²) in [5.41, 5.74) is 6.43. The first-order valence-corrected chi connectivity index (χ1v) is 9.04. The number of amides is 2. The monoisotopic (exact) mass is 401 g/mol. The van der Waals surface area contributed by atoms with Crippen molar-refractivity contribution in [3.63, 3.8) is 0 Å². The summed E-state index contributed by atoms with van der Waals surface area (Å²) >= 11 is 0. The smallest absolute Gasteiger partial charge is 0.350 e. The predicted molar refractivity (Wildman–Crippen MR) is 100 cm³/mol. The fraction of sp³-hybridized carbons (Fsp3) is 0.316. The van der Waals surface area contributed by atoms with Crippen LogP contribution in [0.3, 0.4) is 0 Å². The lowest BCUT2D eigenvalue weighted by Gasteiger charge is -2.12. The molecular formula is C19H20FN5O4. The van der Waals surface area contributed by atoms with Gasteiger partial charge in [0.05, 0.1) is 12.2 Å². The zero-order valence-electron chi connectivity index (χ0n) is 15.6. The van der Waals surface area contributed by atoms with Gasteiger partial charge in [-0.25, -0.2) is 19.2 Å². The molecule has 3 rings (SSSR count). The molecule has 0 spiro atoms. The Balaban J connectivity index is 1.49. The first-order chi connectivity index (χ1) is 14.0. The van der Waals surface area contributed by atoms with E-state index in [2.05, 4.69) is 32.2 Å². The van der Waals surface area contributed by atoms with Gasteiger partial charge < -0.3 is 10.1 Å². The average molecular weight is 401 g/mol. The third kappa shape index (κ3) is 5.03. The number of halogens is 1. The van der Waals surface area contributed by atoms with Crippen molar-refractivity contribution in [1.29, 1.82) is 0 Å². The number of ether oxygens (including phenoxy) is 1. The van der Waals surface area contributed by atoms with Crippen LogP contribution in [0.4, 0.5) is 10.3 Å². The van der Waals surface area contributed by atoms with E-state index in [1.165, 1.54) is 30.4 Å². The molecule has 2 aromatic rings. The summed E-state index contributed by atoms with van der Waals surface area (Å²) in [6, 6.07) is 8.34. The van der Waals surface area contributed by atoms with Crippen molar-refractivity contribution in [1.82, 2.24) is 20.8 Å². The van der Waals surface area contributed by atoms with E-state index < -0.39 is 24.0 Å². The number of anilines is 1. The molecule has 1 aromatic carbocycles. The van der Waals surface area contributed by atoms with Crippen LogP contribution in [0.25, 0.3) is 0 Å². The quantitative estimate of drug-likeness (QED) is 0.370. The van der Waals surface area contributed by atoms with Crippen molar-refractivity contribution in [3.05, 3.63) is 53.3 Å². The number of alkyl halides is 1.